The minimum absolute atomic E-state index is 0.0300. The van der Waals surface area contributed by atoms with Crippen molar-refractivity contribution >= 4 is 22.9 Å². The topological polar surface area (TPSA) is 139 Å². The van der Waals surface area contributed by atoms with Gasteiger partial charge in [0.1, 0.15) is 29.0 Å². The van der Waals surface area contributed by atoms with Crippen LogP contribution >= 0.6 is 0 Å². The number of rotatable bonds is 8. The van der Waals surface area contributed by atoms with Crippen LogP contribution in [0.5, 0.6) is 17.2 Å². The van der Waals surface area contributed by atoms with Crippen LogP contribution in [0.4, 0.5) is 8.78 Å². The van der Waals surface area contributed by atoms with E-state index in [9.17, 15) is 18.4 Å². The number of benzene rings is 3. The SMILES string of the molecule is C[C@]1(C(N)=O)COc2c1cc(C(CNC(=O)c1ccc3nc(C4CC4)oc3c1)c1ccccc1)nc2-c1ccc2c(c1)OC(F)(F)O2. The molecule has 1 unspecified atom stereocenters. The maximum atomic E-state index is 13.8. The summed E-state index contributed by atoms with van der Waals surface area (Å²) in [5, 5.41) is 3.03. The molecule has 2 amide bonds. The minimum Gasteiger partial charge on any atom is -0.489 e. The third kappa shape index (κ3) is 5.09. The molecule has 47 heavy (non-hydrogen) atoms. The lowest BCUT2D eigenvalue weighted by molar-refractivity contribution is -0.286. The molecule has 1 saturated carbocycles. The first-order valence-electron chi connectivity index (χ1n) is 15.2. The summed E-state index contributed by atoms with van der Waals surface area (Å²) in [5.41, 5.74) is 8.90. The predicted octanol–water partition coefficient (Wildman–Crippen LogP) is 5.79. The van der Waals surface area contributed by atoms with Crippen molar-refractivity contribution in [1.82, 2.24) is 15.3 Å². The van der Waals surface area contributed by atoms with Gasteiger partial charge in [0, 0.05) is 35.1 Å². The van der Waals surface area contributed by atoms with E-state index in [0.717, 1.165) is 18.4 Å². The lowest BCUT2D eigenvalue weighted by Crippen LogP contribution is -2.40. The summed E-state index contributed by atoms with van der Waals surface area (Å²) in [7, 11) is 0. The molecule has 12 heteroatoms. The number of pyridine rings is 1. The summed E-state index contributed by atoms with van der Waals surface area (Å²) < 4.78 is 48.9. The van der Waals surface area contributed by atoms with Crippen LogP contribution in [0.25, 0.3) is 22.4 Å². The molecule has 3 aromatic carbocycles. The third-order valence-corrected chi connectivity index (χ3v) is 8.93. The van der Waals surface area contributed by atoms with Gasteiger partial charge in [-0.3, -0.25) is 9.59 Å². The Kier molecular flexibility index (Phi) is 6.47. The molecule has 238 valence electrons. The molecule has 10 nitrogen and oxygen atoms in total. The van der Waals surface area contributed by atoms with Crippen molar-refractivity contribution in [3.05, 3.63) is 101 Å². The number of nitrogens with two attached hydrogens (primary N) is 1. The number of carbonyl (C=O) groups is 2. The number of nitrogens with one attached hydrogen (secondary N) is 1. The quantitative estimate of drug-likeness (QED) is 0.218. The van der Waals surface area contributed by atoms with Gasteiger partial charge in [0.15, 0.2) is 23.0 Å². The average Bonchev–Trinajstić information content (AvgIpc) is 3.61. The van der Waals surface area contributed by atoms with Gasteiger partial charge in [-0.25, -0.2) is 9.97 Å². The summed E-state index contributed by atoms with van der Waals surface area (Å²) in [5.74, 6) is -0.337. The van der Waals surface area contributed by atoms with Crippen molar-refractivity contribution in [2.24, 2.45) is 5.73 Å². The van der Waals surface area contributed by atoms with E-state index in [4.69, 9.17) is 24.6 Å². The highest BCUT2D eigenvalue weighted by Crippen LogP contribution is 2.48. The van der Waals surface area contributed by atoms with E-state index >= 15 is 0 Å². The van der Waals surface area contributed by atoms with Crippen molar-refractivity contribution in [1.29, 1.82) is 0 Å². The van der Waals surface area contributed by atoms with E-state index in [1.165, 1.54) is 12.1 Å². The maximum Gasteiger partial charge on any atom is 0.586 e. The number of amides is 2. The molecule has 0 radical (unpaired) electrons. The predicted molar refractivity (Wildman–Crippen MR) is 165 cm³/mol. The zero-order chi connectivity index (χ0) is 32.5. The summed E-state index contributed by atoms with van der Waals surface area (Å²) >= 11 is 0. The highest BCUT2D eigenvalue weighted by atomic mass is 19.3. The van der Waals surface area contributed by atoms with Crippen LogP contribution in [0.2, 0.25) is 0 Å². The molecule has 1 aliphatic carbocycles. The Hall–Kier alpha value is -5.52. The molecule has 0 spiro atoms. The largest absolute Gasteiger partial charge is 0.586 e. The maximum absolute atomic E-state index is 13.8. The Morgan fingerprint density at radius 1 is 1.00 bits per heavy atom. The monoisotopic (exact) mass is 638 g/mol. The highest BCUT2D eigenvalue weighted by molar-refractivity contribution is 5.97. The number of alkyl halides is 2. The molecule has 4 heterocycles. The van der Waals surface area contributed by atoms with Gasteiger partial charge in [-0.2, -0.15) is 0 Å². The number of carbonyl (C=O) groups excluding carboxylic acids is 2. The van der Waals surface area contributed by atoms with Crippen LogP contribution in [0, 0.1) is 0 Å². The van der Waals surface area contributed by atoms with Crippen LogP contribution in [0.15, 0.2) is 77.2 Å². The van der Waals surface area contributed by atoms with E-state index in [0.29, 0.717) is 56.7 Å². The molecule has 0 saturated heterocycles. The average molecular weight is 639 g/mol. The summed E-state index contributed by atoms with van der Waals surface area (Å²) in [4.78, 5) is 35.7. The van der Waals surface area contributed by atoms with Gasteiger partial charge in [0.2, 0.25) is 5.91 Å². The van der Waals surface area contributed by atoms with Crippen LogP contribution in [0.1, 0.15) is 64.7 Å². The van der Waals surface area contributed by atoms with Crippen LogP contribution < -0.4 is 25.3 Å². The van der Waals surface area contributed by atoms with E-state index in [1.807, 2.05) is 30.3 Å². The van der Waals surface area contributed by atoms with E-state index in [-0.39, 0.29) is 30.6 Å². The molecule has 2 atom stereocenters. The smallest absolute Gasteiger partial charge is 0.489 e. The zero-order valence-electron chi connectivity index (χ0n) is 25.1. The molecule has 2 aromatic heterocycles. The van der Waals surface area contributed by atoms with Gasteiger partial charge < -0.3 is 29.7 Å². The standard InChI is InChI=1S/C35H28F2N4O6/c1-34(33(38)43)17-44-30-23(34)15-25(40-29(30)20-10-12-26-28(13-20)47-35(36,37)46-26)22(18-5-3-2-4-6-18)16-39-31(42)21-9-11-24-27(14-21)45-32(41-24)19-7-8-19/h2-6,9-15,19,22H,7-8,16-17H2,1H3,(H2,38,43)(H,39,42)/t22?,34-/m0/s1. The number of primary amides is 1. The van der Waals surface area contributed by atoms with Gasteiger partial charge in [-0.1, -0.05) is 30.3 Å². The summed E-state index contributed by atoms with van der Waals surface area (Å²) in [6, 6.07) is 20.7. The Labute approximate surface area is 266 Å². The number of nitrogens with zero attached hydrogens (tertiary/aromatic N) is 2. The second-order valence-corrected chi connectivity index (χ2v) is 12.3. The van der Waals surface area contributed by atoms with E-state index < -0.39 is 23.5 Å². The van der Waals surface area contributed by atoms with E-state index in [2.05, 4.69) is 15.0 Å². The van der Waals surface area contributed by atoms with Gasteiger partial charge in [0.05, 0.1) is 5.69 Å². The second-order valence-electron chi connectivity index (χ2n) is 12.3. The highest BCUT2D eigenvalue weighted by Gasteiger charge is 2.46. The van der Waals surface area contributed by atoms with Gasteiger partial charge >= 0.3 is 6.29 Å². The minimum atomic E-state index is -3.80. The van der Waals surface area contributed by atoms with Crippen molar-refractivity contribution < 1.29 is 37.0 Å². The second kappa shape index (κ2) is 10.5. The number of aromatic nitrogens is 2. The molecule has 2 aliphatic heterocycles. The van der Waals surface area contributed by atoms with Gasteiger partial charge in [-0.05, 0) is 67.8 Å². The first-order valence-corrected chi connectivity index (χ1v) is 15.2. The number of hydrogen-bond donors (Lipinski definition) is 2. The molecule has 0 bridgehead atoms. The van der Waals surface area contributed by atoms with E-state index in [1.54, 1.807) is 37.3 Å². The fourth-order valence-electron chi connectivity index (χ4n) is 6.04. The molecule has 3 aliphatic rings. The number of ether oxygens (including phenoxy) is 3. The van der Waals surface area contributed by atoms with Gasteiger partial charge in [0.25, 0.3) is 5.91 Å². The molecule has 1 fully saturated rings. The lowest BCUT2D eigenvalue weighted by atomic mass is 9.81. The molecule has 5 aromatic rings. The van der Waals surface area contributed by atoms with Crippen LogP contribution in [-0.4, -0.2) is 41.2 Å². The summed E-state index contributed by atoms with van der Waals surface area (Å²) in [6.45, 7) is 1.79. The van der Waals surface area contributed by atoms with Crippen molar-refractivity contribution in [2.45, 2.75) is 43.3 Å². The third-order valence-electron chi connectivity index (χ3n) is 8.93. The van der Waals surface area contributed by atoms with Crippen molar-refractivity contribution in [3.8, 4) is 28.5 Å². The zero-order valence-corrected chi connectivity index (χ0v) is 25.1. The fraction of sp³-hybridized carbons (Fsp3) is 0.257. The molecule has 3 N–H and O–H groups in total. The number of hydrogen-bond acceptors (Lipinski definition) is 8. The first-order chi connectivity index (χ1) is 22.6. The normalized spacial score (nSPS) is 19.6. The number of halogens is 2. The van der Waals surface area contributed by atoms with Crippen LogP contribution in [-0.2, 0) is 10.2 Å². The first kappa shape index (κ1) is 28.9. The van der Waals surface area contributed by atoms with Gasteiger partial charge in [-0.15, -0.1) is 8.78 Å². The number of fused-ring (bicyclic) bond motifs is 3. The van der Waals surface area contributed by atoms with Crippen molar-refractivity contribution in [2.75, 3.05) is 13.2 Å². The molecular weight excluding hydrogens is 610 g/mol. The van der Waals surface area contributed by atoms with Crippen LogP contribution in [0.3, 0.4) is 0 Å². The molecular formula is C35H28F2N4O6. The summed E-state index contributed by atoms with van der Waals surface area (Å²) in [6.07, 6.45) is -1.70. The Morgan fingerprint density at radius 3 is 2.55 bits per heavy atom. The lowest BCUT2D eigenvalue weighted by Gasteiger charge is -2.23. The fourth-order valence-corrected chi connectivity index (χ4v) is 6.04. The number of oxazole rings is 1. The Bertz CT molecular complexity index is 2080. The van der Waals surface area contributed by atoms with Crippen molar-refractivity contribution in [3.63, 3.8) is 0 Å². The Morgan fingerprint density at radius 2 is 1.79 bits per heavy atom. The Balaban J connectivity index is 1.18. The molecule has 8 rings (SSSR count).